The minimum absolute atomic E-state index is 0.593. The highest BCUT2D eigenvalue weighted by Gasteiger charge is 2.03. The van der Waals surface area contributed by atoms with E-state index in [0.29, 0.717) is 5.56 Å². The maximum atomic E-state index is 8.79. The summed E-state index contributed by atoms with van der Waals surface area (Å²) in [6.07, 6.45) is 6.49. The van der Waals surface area contributed by atoms with Crippen LogP contribution in [0, 0.1) is 22.7 Å². The Morgan fingerprint density at radius 2 is 2.00 bits per heavy atom. The van der Waals surface area contributed by atoms with Crippen molar-refractivity contribution in [1.82, 2.24) is 9.55 Å². The number of aromatic nitrogens is 2. The van der Waals surface area contributed by atoms with Crippen molar-refractivity contribution in [3.05, 3.63) is 60.2 Å². The number of allylic oxidation sites excluding steroid dienone is 1. The summed E-state index contributed by atoms with van der Waals surface area (Å²) in [6, 6.07) is 11.1. The fourth-order valence-corrected chi connectivity index (χ4v) is 1.49. The summed E-state index contributed by atoms with van der Waals surface area (Å²) in [6.45, 7) is 0. The van der Waals surface area contributed by atoms with Gasteiger partial charge in [0.2, 0.25) is 0 Å². The molecule has 0 saturated heterocycles. The van der Waals surface area contributed by atoms with Crippen LogP contribution in [0.3, 0.4) is 0 Å². The van der Waals surface area contributed by atoms with E-state index in [0.717, 1.165) is 11.3 Å². The van der Waals surface area contributed by atoms with E-state index in [4.69, 9.17) is 10.5 Å². The third-order valence-corrected chi connectivity index (χ3v) is 2.29. The van der Waals surface area contributed by atoms with E-state index in [9.17, 15) is 0 Å². The molecular formula is C13H8N4. The third-order valence-electron chi connectivity index (χ3n) is 2.29. The van der Waals surface area contributed by atoms with Crippen molar-refractivity contribution in [2.45, 2.75) is 0 Å². The Hall–Kier alpha value is -2.85. The Kier molecular flexibility index (Phi) is 3.00. The third kappa shape index (κ3) is 2.22. The van der Waals surface area contributed by atoms with Crippen molar-refractivity contribution in [2.75, 3.05) is 0 Å². The van der Waals surface area contributed by atoms with Gasteiger partial charge in [0.15, 0.2) is 0 Å². The topological polar surface area (TPSA) is 65.4 Å². The quantitative estimate of drug-likeness (QED) is 0.728. The van der Waals surface area contributed by atoms with Gasteiger partial charge in [-0.2, -0.15) is 10.5 Å². The molecule has 0 bridgehead atoms. The first-order valence-corrected chi connectivity index (χ1v) is 4.94. The van der Waals surface area contributed by atoms with Crippen LogP contribution in [0.5, 0.6) is 0 Å². The number of imidazole rings is 1. The molecule has 0 saturated carbocycles. The molecule has 17 heavy (non-hydrogen) atoms. The molecule has 0 aliphatic heterocycles. The summed E-state index contributed by atoms with van der Waals surface area (Å²) in [7, 11) is 0. The molecule has 2 rings (SSSR count). The Balaban J connectivity index is 2.45. The Labute approximate surface area is 98.7 Å². The average Bonchev–Trinajstić information content (AvgIpc) is 2.90. The molecule has 0 radical (unpaired) electrons. The van der Waals surface area contributed by atoms with Crippen LogP contribution in [0.15, 0.2) is 49.1 Å². The van der Waals surface area contributed by atoms with Gasteiger partial charge >= 0.3 is 0 Å². The summed E-state index contributed by atoms with van der Waals surface area (Å²) in [5, 5.41) is 17.5. The van der Waals surface area contributed by atoms with Crippen molar-refractivity contribution in [3.63, 3.8) is 0 Å². The van der Waals surface area contributed by atoms with Crippen molar-refractivity contribution in [3.8, 4) is 12.1 Å². The van der Waals surface area contributed by atoms with E-state index in [1.807, 2.05) is 18.2 Å². The lowest BCUT2D eigenvalue weighted by atomic mass is 10.1. The molecule has 4 heteroatoms. The van der Waals surface area contributed by atoms with Gasteiger partial charge in [0.1, 0.15) is 0 Å². The van der Waals surface area contributed by atoms with Gasteiger partial charge in [-0.25, -0.2) is 4.98 Å². The van der Waals surface area contributed by atoms with Crippen LogP contribution in [0.4, 0.5) is 0 Å². The van der Waals surface area contributed by atoms with Gasteiger partial charge in [-0.15, -0.1) is 0 Å². The van der Waals surface area contributed by atoms with Gasteiger partial charge in [-0.05, 0) is 17.7 Å². The van der Waals surface area contributed by atoms with Crippen LogP contribution >= 0.6 is 0 Å². The number of benzene rings is 1. The van der Waals surface area contributed by atoms with Gasteiger partial charge in [-0.1, -0.05) is 12.1 Å². The highest BCUT2D eigenvalue weighted by Crippen LogP contribution is 2.16. The Bertz CT molecular complexity index is 607. The van der Waals surface area contributed by atoms with E-state index in [1.54, 1.807) is 35.4 Å². The normalized spacial score (nSPS) is 10.6. The van der Waals surface area contributed by atoms with E-state index in [2.05, 4.69) is 11.1 Å². The van der Waals surface area contributed by atoms with Crippen LogP contribution in [-0.4, -0.2) is 9.55 Å². The minimum Gasteiger partial charge on any atom is -0.305 e. The molecule has 80 valence electrons. The number of nitriles is 2. The molecule has 0 spiro atoms. The van der Waals surface area contributed by atoms with Crippen molar-refractivity contribution < 1.29 is 0 Å². The van der Waals surface area contributed by atoms with Crippen LogP contribution in [0.25, 0.3) is 5.70 Å². The maximum absolute atomic E-state index is 8.79. The number of rotatable bonds is 2. The highest BCUT2D eigenvalue weighted by atomic mass is 15.0. The second-order valence-electron chi connectivity index (χ2n) is 3.32. The second kappa shape index (κ2) is 4.78. The molecule has 0 aliphatic carbocycles. The molecular weight excluding hydrogens is 212 g/mol. The summed E-state index contributed by atoms with van der Waals surface area (Å²) in [5.74, 6) is 0. The SMILES string of the molecule is N#C/C=C(\c1ccc(C#N)cc1)n1ccnc1. The van der Waals surface area contributed by atoms with E-state index < -0.39 is 0 Å². The van der Waals surface area contributed by atoms with Gasteiger partial charge in [0, 0.05) is 18.5 Å². The lowest BCUT2D eigenvalue weighted by Gasteiger charge is -2.06. The molecule has 4 nitrogen and oxygen atoms in total. The first kappa shape index (κ1) is 10.7. The van der Waals surface area contributed by atoms with Crippen LogP contribution in [0.2, 0.25) is 0 Å². The summed E-state index contributed by atoms with van der Waals surface area (Å²) >= 11 is 0. The zero-order chi connectivity index (χ0) is 12.1. The first-order valence-electron chi connectivity index (χ1n) is 4.94. The molecule has 0 amide bonds. The number of hydrogen-bond acceptors (Lipinski definition) is 3. The van der Waals surface area contributed by atoms with E-state index in [-0.39, 0.29) is 0 Å². The molecule has 0 unspecified atom stereocenters. The fraction of sp³-hybridized carbons (Fsp3) is 0. The molecule has 0 aliphatic rings. The van der Waals surface area contributed by atoms with Crippen LogP contribution in [-0.2, 0) is 0 Å². The number of nitrogens with zero attached hydrogens (tertiary/aromatic N) is 4. The van der Waals surface area contributed by atoms with Gasteiger partial charge in [0.25, 0.3) is 0 Å². The molecule has 1 aromatic carbocycles. The van der Waals surface area contributed by atoms with Crippen LogP contribution in [0.1, 0.15) is 11.1 Å². The zero-order valence-electron chi connectivity index (χ0n) is 8.91. The molecule has 1 aromatic heterocycles. The zero-order valence-corrected chi connectivity index (χ0v) is 8.91. The molecule has 0 atom stereocenters. The Morgan fingerprint density at radius 3 is 2.53 bits per heavy atom. The monoisotopic (exact) mass is 220 g/mol. The number of hydrogen-bond donors (Lipinski definition) is 0. The first-order chi connectivity index (χ1) is 8.35. The van der Waals surface area contributed by atoms with Crippen molar-refractivity contribution >= 4 is 5.70 Å². The summed E-state index contributed by atoms with van der Waals surface area (Å²) in [5.41, 5.74) is 2.19. The van der Waals surface area contributed by atoms with E-state index >= 15 is 0 Å². The lowest BCUT2D eigenvalue weighted by molar-refractivity contribution is 1.09. The average molecular weight is 220 g/mol. The molecule has 2 aromatic rings. The van der Waals surface area contributed by atoms with Crippen molar-refractivity contribution in [2.24, 2.45) is 0 Å². The largest absolute Gasteiger partial charge is 0.305 e. The second-order valence-corrected chi connectivity index (χ2v) is 3.32. The van der Waals surface area contributed by atoms with E-state index in [1.165, 1.54) is 6.08 Å². The predicted molar refractivity (Wildman–Crippen MR) is 62.4 cm³/mol. The molecule has 0 fully saturated rings. The lowest BCUT2D eigenvalue weighted by Crippen LogP contribution is -1.95. The fourth-order valence-electron chi connectivity index (χ4n) is 1.49. The van der Waals surface area contributed by atoms with Gasteiger partial charge in [-0.3, -0.25) is 0 Å². The summed E-state index contributed by atoms with van der Waals surface area (Å²) < 4.78 is 1.75. The Morgan fingerprint density at radius 1 is 1.24 bits per heavy atom. The van der Waals surface area contributed by atoms with Gasteiger partial charge < -0.3 is 4.57 Å². The predicted octanol–water partition coefficient (Wildman–Crippen LogP) is 2.17. The molecule has 1 heterocycles. The standard InChI is InChI=1S/C13H8N4/c14-6-5-13(17-8-7-16-10-17)12-3-1-11(9-15)2-4-12/h1-5,7-8,10H/b13-5+. The summed E-state index contributed by atoms with van der Waals surface area (Å²) in [4.78, 5) is 3.94. The molecule has 0 N–H and O–H groups in total. The minimum atomic E-state index is 0.593. The van der Waals surface area contributed by atoms with Gasteiger partial charge in [0.05, 0.1) is 29.7 Å². The van der Waals surface area contributed by atoms with Crippen molar-refractivity contribution in [1.29, 1.82) is 10.5 Å². The van der Waals surface area contributed by atoms with Crippen LogP contribution < -0.4 is 0 Å². The smallest absolute Gasteiger partial charge is 0.0992 e. The maximum Gasteiger partial charge on any atom is 0.0992 e. The highest BCUT2D eigenvalue weighted by molar-refractivity contribution is 5.68.